The highest BCUT2D eigenvalue weighted by molar-refractivity contribution is 6.26. The van der Waals surface area contributed by atoms with Gasteiger partial charge in [-0.1, -0.05) is 38.5 Å². The number of alkyl halides is 1. The van der Waals surface area contributed by atoms with Gasteiger partial charge in [-0.15, -0.1) is 11.6 Å². The quantitative estimate of drug-likeness (QED) is 0.480. The highest BCUT2D eigenvalue weighted by Crippen LogP contribution is 2.70. The number of carbonyl (C=O) groups is 2. The SMILES string of the molecule is C[C@H]1CC2C3CC=C4CC(=O)C=C[C@]4(C)[C@@]3(Cl)[C@@H](O)C[C@]2(C)[C@@]1(O)C(=O)CO. The maximum atomic E-state index is 12.6. The van der Waals surface area contributed by atoms with E-state index in [1.54, 1.807) is 6.08 Å². The molecule has 4 aliphatic rings. The van der Waals surface area contributed by atoms with E-state index >= 15 is 0 Å². The minimum Gasteiger partial charge on any atom is -0.391 e. The summed E-state index contributed by atoms with van der Waals surface area (Å²) in [6.07, 6.45) is 6.19. The fraction of sp³-hybridized carbons (Fsp3) is 0.727. The molecule has 28 heavy (non-hydrogen) atoms. The number of carbonyl (C=O) groups excluding carboxylic acids is 2. The van der Waals surface area contributed by atoms with E-state index in [-0.39, 0.29) is 30.0 Å². The summed E-state index contributed by atoms with van der Waals surface area (Å²) >= 11 is 7.30. The number of halogens is 1. The van der Waals surface area contributed by atoms with E-state index in [0.29, 0.717) is 19.3 Å². The molecule has 4 aliphatic carbocycles. The van der Waals surface area contributed by atoms with Gasteiger partial charge in [0.1, 0.15) is 12.2 Å². The average molecular weight is 409 g/mol. The molecule has 5 nitrogen and oxygen atoms in total. The van der Waals surface area contributed by atoms with Gasteiger partial charge in [-0.3, -0.25) is 9.59 Å². The topological polar surface area (TPSA) is 94.8 Å². The summed E-state index contributed by atoms with van der Waals surface area (Å²) in [5.74, 6) is -1.12. The van der Waals surface area contributed by atoms with E-state index in [0.717, 1.165) is 5.57 Å². The largest absolute Gasteiger partial charge is 0.391 e. The number of hydrogen-bond donors (Lipinski definition) is 3. The molecule has 0 spiro atoms. The maximum absolute atomic E-state index is 12.6. The van der Waals surface area contributed by atoms with Crippen molar-refractivity contribution < 1.29 is 24.9 Å². The lowest BCUT2D eigenvalue weighted by atomic mass is 9.46. The van der Waals surface area contributed by atoms with Gasteiger partial charge in [0.05, 0.1) is 11.0 Å². The summed E-state index contributed by atoms with van der Waals surface area (Å²) in [6.45, 7) is 4.96. The van der Waals surface area contributed by atoms with Crippen molar-refractivity contribution in [3.05, 3.63) is 23.8 Å². The zero-order valence-corrected chi connectivity index (χ0v) is 17.4. The zero-order valence-electron chi connectivity index (χ0n) is 16.6. The molecule has 6 heteroatoms. The molecule has 0 saturated heterocycles. The van der Waals surface area contributed by atoms with E-state index in [4.69, 9.17) is 11.6 Å². The molecular weight excluding hydrogens is 380 g/mol. The molecule has 0 aromatic rings. The molecule has 3 N–H and O–H groups in total. The lowest BCUT2D eigenvalue weighted by Crippen LogP contribution is -2.68. The number of hydrogen-bond acceptors (Lipinski definition) is 5. The molecule has 2 unspecified atom stereocenters. The molecule has 0 radical (unpaired) electrons. The first kappa shape index (κ1) is 20.3. The number of aliphatic hydroxyl groups excluding tert-OH is 2. The molecule has 0 aromatic carbocycles. The summed E-state index contributed by atoms with van der Waals surface area (Å²) in [7, 11) is 0. The molecule has 154 valence electrons. The van der Waals surface area contributed by atoms with Crippen molar-refractivity contribution in [2.75, 3.05) is 6.61 Å². The fourth-order valence-corrected chi connectivity index (χ4v) is 7.67. The number of allylic oxidation sites excluding steroid dienone is 4. The highest BCUT2D eigenvalue weighted by atomic mass is 35.5. The van der Waals surface area contributed by atoms with Gasteiger partial charge >= 0.3 is 0 Å². The molecular formula is C22H29ClO5. The Hall–Kier alpha value is -1.01. The Morgan fingerprint density at radius 1 is 1.32 bits per heavy atom. The third-order valence-corrected chi connectivity index (χ3v) is 9.68. The second-order valence-electron chi connectivity index (χ2n) is 9.75. The van der Waals surface area contributed by atoms with Gasteiger partial charge < -0.3 is 15.3 Å². The van der Waals surface area contributed by atoms with Gasteiger partial charge in [0.25, 0.3) is 0 Å². The Morgan fingerprint density at radius 2 is 2.00 bits per heavy atom. The number of aliphatic hydroxyl groups is 3. The Balaban J connectivity index is 1.85. The van der Waals surface area contributed by atoms with Gasteiger partial charge in [0, 0.05) is 17.3 Å². The van der Waals surface area contributed by atoms with Crippen LogP contribution in [0.5, 0.6) is 0 Å². The Labute approximate surface area is 170 Å². The van der Waals surface area contributed by atoms with Gasteiger partial charge in [-0.05, 0) is 43.1 Å². The molecule has 8 atom stereocenters. The number of fused-ring (bicyclic) bond motifs is 5. The number of Topliss-reactive ketones (excluding diaryl/α,β-unsaturated/α-hetero) is 1. The van der Waals surface area contributed by atoms with Crippen LogP contribution in [0.3, 0.4) is 0 Å². The van der Waals surface area contributed by atoms with Crippen LogP contribution >= 0.6 is 11.6 Å². The molecule has 0 bridgehead atoms. The number of ketones is 2. The van der Waals surface area contributed by atoms with E-state index < -0.39 is 39.8 Å². The van der Waals surface area contributed by atoms with Crippen molar-refractivity contribution in [1.82, 2.24) is 0 Å². The lowest BCUT2D eigenvalue weighted by molar-refractivity contribution is -0.178. The minimum absolute atomic E-state index is 0.0370. The first-order valence-corrected chi connectivity index (χ1v) is 10.5. The zero-order chi connectivity index (χ0) is 20.7. The van der Waals surface area contributed by atoms with Crippen molar-refractivity contribution in [2.24, 2.45) is 28.6 Å². The van der Waals surface area contributed by atoms with Crippen molar-refractivity contribution in [3.8, 4) is 0 Å². The van der Waals surface area contributed by atoms with Gasteiger partial charge in [0.2, 0.25) is 0 Å². The fourth-order valence-electron chi connectivity index (χ4n) is 7.17. The highest BCUT2D eigenvalue weighted by Gasteiger charge is 2.74. The second kappa shape index (κ2) is 6.00. The van der Waals surface area contributed by atoms with Crippen LogP contribution in [-0.2, 0) is 9.59 Å². The van der Waals surface area contributed by atoms with Crippen LogP contribution in [0.25, 0.3) is 0 Å². The molecule has 2 saturated carbocycles. The second-order valence-corrected chi connectivity index (χ2v) is 10.4. The van der Waals surface area contributed by atoms with Crippen LogP contribution in [-0.4, -0.2) is 50.1 Å². The number of rotatable bonds is 2. The maximum Gasteiger partial charge on any atom is 0.190 e. The van der Waals surface area contributed by atoms with Crippen molar-refractivity contribution >= 4 is 23.2 Å². The first-order chi connectivity index (χ1) is 13.0. The van der Waals surface area contributed by atoms with Crippen LogP contribution in [0, 0.1) is 28.6 Å². The molecule has 0 amide bonds. The molecule has 0 aromatic heterocycles. The normalized spacial score (nSPS) is 52.5. The Morgan fingerprint density at radius 3 is 2.64 bits per heavy atom. The van der Waals surface area contributed by atoms with Crippen LogP contribution in [0.2, 0.25) is 0 Å². The Bertz CT molecular complexity index is 805. The van der Waals surface area contributed by atoms with Crippen molar-refractivity contribution in [2.45, 2.75) is 63.0 Å². The summed E-state index contributed by atoms with van der Waals surface area (Å²) in [6, 6.07) is 0. The molecule has 0 aliphatic heterocycles. The first-order valence-electron chi connectivity index (χ1n) is 10.1. The van der Waals surface area contributed by atoms with Crippen LogP contribution in [0.15, 0.2) is 23.8 Å². The van der Waals surface area contributed by atoms with E-state index in [9.17, 15) is 24.9 Å². The third kappa shape index (κ3) is 2.09. The van der Waals surface area contributed by atoms with Crippen molar-refractivity contribution in [3.63, 3.8) is 0 Å². The third-order valence-electron chi connectivity index (χ3n) is 8.75. The lowest BCUT2D eigenvalue weighted by Gasteiger charge is -2.63. The van der Waals surface area contributed by atoms with E-state index in [2.05, 4.69) is 6.08 Å². The minimum atomic E-state index is -1.69. The summed E-state index contributed by atoms with van der Waals surface area (Å²) in [4.78, 5) is 23.5. The Kier molecular flexibility index (Phi) is 4.35. The van der Waals surface area contributed by atoms with Crippen LogP contribution < -0.4 is 0 Å². The summed E-state index contributed by atoms with van der Waals surface area (Å²) in [5.41, 5.74) is -2.27. The van der Waals surface area contributed by atoms with Gasteiger partial charge in [-0.2, -0.15) is 0 Å². The predicted octanol–water partition coefficient (Wildman–Crippen LogP) is 2.17. The van der Waals surface area contributed by atoms with Crippen LogP contribution in [0.4, 0.5) is 0 Å². The smallest absolute Gasteiger partial charge is 0.190 e. The van der Waals surface area contributed by atoms with Gasteiger partial charge in [-0.25, -0.2) is 0 Å². The van der Waals surface area contributed by atoms with E-state index in [1.807, 2.05) is 26.8 Å². The molecule has 0 heterocycles. The van der Waals surface area contributed by atoms with Crippen molar-refractivity contribution in [1.29, 1.82) is 0 Å². The summed E-state index contributed by atoms with van der Waals surface area (Å²) in [5, 5.41) is 32.3. The molecule has 4 rings (SSSR count). The van der Waals surface area contributed by atoms with Crippen LogP contribution in [0.1, 0.15) is 46.5 Å². The average Bonchev–Trinajstić information content (AvgIpc) is 2.84. The van der Waals surface area contributed by atoms with E-state index in [1.165, 1.54) is 0 Å². The molecule has 2 fully saturated rings. The standard InChI is InChI=1S/C22H29ClO5/c1-12-8-16-15-5-4-13-9-14(25)6-7-19(13,2)21(15,23)17(26)10-20(16,3)22(12,28)18(27)11-24/h4,6-7,12,15-17,24,26,28H,5,8-11H2,1-3H3/t12-,15?,16?,17-,19-,20-,21-,22-/m0/s1. The summed E-state index contributed by atoms with van der Waals surface area (Å²) < 4.78 is 0. The predicted molar refractivity (Wildman–Crippen MR) is 105 cm³/mol. The van der Waals surface area contributed by atoms with Gasteiger partial charge in [0.15, 0.2) is 11.6 Å². The monoisotopic (exact) mass is 408 g/mol.